The standard InChI is InChI=1S/C24H30N4O2/c1-15(2)23-26-18(5)27-28(23)22-12-20(19-9-7-16(3)8-10-19)11-21(13-22)24(29)25-17(4)14-30-6/h7-13,15,17H,14H2,1-6H3,(H,25,29)/t17-/m1/s1. The Morgan fingerprint density at radius 2 is 1.77 bits per heavy atom. The van der Waals surface area contributed by atoms with Gasteiger partial charge in [0.1, 0.15) is 11.6 Å². The molecule has 6 nitrogen and oxygen atoms in total. The first kappa shape index (κ1) is 21.7. The van der Waals surface area contributed by atoms with Crippen molar-refractivity contribution in [1.82, 2.24) is 20.1 Å². The Balaban J connectivity index is 2.11. The van der Waals surface area contributed by atoms with Crippen LogP contribution in [0.2, 0.25) is 0 Å². The van der Waals surface area contributed by atoms with Gasteiger partial charge in [0.25, 0.3) is 5.91 Å². The van der Waals surface area contributed by atoms with Gasteiger partial charge in [0.15, 0.2) is 0 Å². The maximum atomic E-state index is 13.0. The minimum absolute atomic E-state index is 0.0891. The molecule has 3 rings (SSSR count). The first-order valence-electron chi connectivity index (χ1n) is 10.2. The number of amides is 1. The fraction of sp³-hybridized carbons (Fsp3) is 0.375. The lowest BCUT2D eigenvalue weighted by Gasteiger charge is -2.16. The number of carbonyl (C=O) groups excluding carboxylic acids is 1. The van der Waals surface area contributed by atoms with Crippen molar-refractivity contribution in [2.45, 2.75) is 46.6 Å². The van der Waals surface area contributed by atoms with Crippen molar-refractivity contribution in [3.8, 4) is 16.8 Å². The highest BCUT2D eigenvalue weighted by atomic mass is 16.5. The van der Waals surface area contributed by atoms with E-state index < -0.39 is 0 Å². The number of benzene rings is 2. The van der Waals surface area contributed by atoms with E-state index >= 15 is 0 Å². The van der Waals surface area contributed by atoms with E-state index in [0.717, 1.165) is 22.6 Å². The molecule has 0 unspecified atom stereocenters. The van der Waals surface area contributed by atoms with Crippen molar-refractivity contribution in [2.24, 2.45) is 0 Å². The number of hydrogen-bond acceptors (Lipinski definition) is 4. The summed E-state index contributed by atoms with van der Waals surface area (Å²) in [4.78, 5) is 17.5. The van der Waals surface area contributed by atoms with Crippen LogP contribution in [0.15, 0.2) is 42.5 Å². The summed E-state index contributed by atoms with van der Waals surface area (Å²) < 4.78 is 6.99. The Morgan fingerprint density at radius 3 is 2.40 bits per heavy atom. The number of rotatable bonds is 7. The number of carbonyl (C=O) groups is 1. The third kappa shape index (κ3) is 4.94. The molecule has 158 valence electrons. The quantitative estimate of drug-likeness (QED) is 0.630. The highest BCUT2D eigenvalue weighted by Crippen LogP contribution is 2.26. The van der Waals surface area contributed by atoms with Gasteiger partial charge in [-0.05, 0) is 50.1 Å². The molecule has 0 spiro atoms. The van der Waals surface area contributed by atoms with Crippen LogP contribution in [0.4, 0.5) is 0 Å². The second kappa shape index (κ2) is 9.22. The lowest BCUT2D eigenvalue weighted by Crippen LogP contribution is -2.35. The lowest BCUT2D eigenvalue weighted by atomic mass is 10.0. The summed E-state index contributed by atoms with van der Waals surface area (Å²) in [5, 5.41) is 7.59. The molecule has 0 aliphatic heterocycles. The summed E-state index contributed by atoms with van der Waals surface area (Å²) in [6.45, 7) is 10.5. The third-order valence-corrected chi connectivity index (χ3v) is 4.86. The van der Waals surface area contributed by atoms with Crippen LogP contribution in [0, 0.1) is 13.8 Å². The smallest absolute Gasteiger partial charge is 0.251 e. The number of hydrogen-bond donors (Lipinski definition) is 1. The van der Waals surface area contributed by atoms with Gasteiger partial charge in [-0.2, -0.15) is 5.10 Å². The molecule has 1 amide bonds. The topological polar surface area (TPSA) is 69.0 Å². The van der Waals surface area contributed by atoms with Gasteiger partial charge in [0.05, 0.1) is 12.3 Å². The van der Waals surface area contributed by atoms with Gasteiger partial charge in [0, 0.05) is 24.6 Å². The molecular formula is C24H30N4O2. The first-order valence-corrected chi connectivity index (χ1v) is 10.2. The average molecular weight is 407 g/mol. The van der Waals surface area contributed by atoms with Gasteiger partial charge in [0.2, 0.25) is 0 Å². The highest BCUT2D eigenvalue weighted by molar-refractivity contribution is 5.96. The monoisotopic (exact) mass is 406 g/mol. The molecular weight excluding hydrogens is 376 g/mol. The summed E-state index contributed by atoms with van der Waals surface area (Å²) in [5.41, 5.74) is 4.59. The summed E-state index contributed by atoms with van der Waals surface area (Å²) >= 11 is 0. The Kier molecular flexibility index (Phi) is 6.67. The van der Waals surface area contributed by atoms with E-state index in [1.165, 1.54) is 5.56 Å². The summed E-state index contributed by atoms with van der Waals surface area (Å²) in [6, 6.07) is 14.0. The average Bonchev–Trinajstić information content (AvgIpc) is 3.10. The molecule has 0 aliphatic carbocycles. The second-order valence-corrected chi connectivity index (χ2v) is 8.05. The lowest BCUT2D eigenvalue weighted by molar-refractivity contribution is 0.0905. The SMILES string of the molecule is COC[C@@H](C)NC(=O)c1cc(-c2ccc(C)cc2)cc(-n2nc(C)nc2C(C)C)c1. The third-order valence-electron chi connectivity index (χ3n) is 4.86. The predicted octanol–water partition coefficient (Wildman–Crippen LogP) is 4.44. The van der Waals surface area contributed by atoms with Gasteiger partial charge in [-0.15, -0.1) is 0 Å². The van der Waals surface area contributed by atoms with E-state index in [1.807, 2.05) is 30.7 Å². The fourth-order valence-electron chi connectivity index (χ4n) is 3.37. The van der Waals surface area contributed by atoms with Crippen LogP contribution in [0.3, 0.4) is 0 Å². The number of methoxy groups -OCH3 is 1. The molecule has 1 N–H and O–H groups in total. The predicted molar refractivity (Wildman–Crippen MR) is 119 cm³/mol. The van der Waals surface area contributed by atoms with Crippen molar-refractivity contribution in [3.05, 3.63) is 65.2 Å². The largest absolute Gasteiger partial charge is 0.383 e. The van der Waals surface area contributed by atoms with Crippen molar-refractivity contribution in [1.29, 1.82) is 0 Å². The van der Waals surface area contributed by atoms with Crippen LogP contribution >= 0.6 is 0 Å². The molecule has 30 heavy (non-hydrogen) atoms. The zero-order chi connectivity index (χ0) is 21.8. The van der Waals surface area contributed by atoms with Crippen LogP contribution in [0.5, 0.6) is 0 Å². The minimum atomic E-state index is -0.141. The maximum absolute atomic E-state index is 13.0. The Bertz CT molecular complexity index is 1020. The van der Waals surface area contributed by atoms with Crippen LogP contribution < -0.4 is 5.32 Å². The maximum Gasteiger partial charge on any atom is 0.251 e. The van der Waals surface area contributed by atoms with Gasteiger partial charge >= 0.3 is 0 Å². The van der Waals surface area contributed by atoms with Crippen LogP contribution in [-0.4, -0.2) is 40.4 Å². The Morgan fingerprint density at radius 1 is 1.07 bits per heavy atom. The van der Waals surface area contributed by atoms with E-state index in [1.54, 1.807) is 7.11 Å². The highest BCUT2D eigenvalue weighted by Gasteiger charge is 2.17. The zero-order valence-electron chi connectivity index (χ0n) is 18.6. The van der Waals surface area contributed by atoms with Gasteiger partial charge in [-0.1, -0.05) is 43.7 Å². The van der Waals surface area contributed by atoms with Gasteiger partial charge in [-0.25, -0.2) is 9.67 Å². The van der Waals surface area contributed by atoms with Crippen molar-refractivity contribution >= 4 is 5.91 Å². The molecule has 0 saturated carbocycles. The summed E-state index contributed by atoms with van der Waals surface area (Å²) in [5.74, 6) is 1.64. The van der Waals surface area contributed by atoms with E-state index in [-0.39, 0.29) is 17.9 Å². The van der Waals surface area contributed by atoms with Crippen LogP contribution in [0.25, 0.3) is 16.8 Å². The van der Waals surface area contributed by atoms with Crippen molar-refractivity contribution in [3.63, 3.8) is 0 Å². The zero-order valence-corrected chi connectivity index (χ0v) is 18.6. The molecule has 0 radical (unpaired) electrons. The van der Waals surface area contributed by atoms with Gasteiger partial charge in [-0.3, -0.25) is 4.79 Å². The molecule has 6 heteroatoms. The molecule has 3 aromatic rings. The summed E-state index contributed by atoms with van der Waals surface area (Å²) in [6.07, 6.45) is 0. The number of aromatic nitrogens is 3. The summed E-state index contributed by atoms with van der Waals surface area (Å²) in [7, 11) is 1.62. The first-order chi connectivity index (χ1) is 14.3. The molecule has 2 aromatic carbocycles. The fourth-order valence-corrected chi connectivity index (χ4v) is 3.37. The Labute approximate surface area is 178 Å². The molecule has 0 fully saturated rings. The molecule has 0 bridgehead atoms. The molecule has 1 heterocycles. The van der Waals surface area contributed by atoms with Crippen molar-refractivity contribution in [2.75, 3.05) is 13.7 Å². The molecule has 0 saturated heterocycles. The Hall–Kier alpha value is -2.99. The number of ether oxygens (including phenoxy) is 1. The van der Waals surface area contributed by atoms with Crippen LogP contribution in [-0.2, 0) is 4.74 Å². The number of aryl methyl sites for hydroxylation is 2. The van der Waals surface area contributed by atoms with Crippen LogP contribution in [0.1, 0.15) is 54.3 Å². The molecule has 1 atom stereocenters. The molecule has 1 aromatic heterocycles. The molecule has 0 aliphatic rings. The minimum Gasteiger partial charge on any atom is -0.383 e. The number of nitrogens with one attached hydrogen (secondary N) is 1. The second-order valence-electron chi connectivity index (χ2n) is 8.05. The van der Waals surface area contributed by atoms with E-state index in [0.29, 0.717) is 18.0 Å². The van der Waals surface area contributed by atoms with Gasteiger partial charge < -0.3 is 10.1 Å². The number of nitrogens with zero attached hydrogens (tertiary/aromatic N) is 3. The van der Waals surface area contributed by atoms with E-state index in [4.69, 9.17) is 4.74 Å². The van der Waals surface area contributed by atoms with Crippen molar-refractivity contribution < 1.29 is 9.53 Å². The normalized spacial score (nSPS) is 12.2. The van der Waals surface area contributed by atoms with E-state index in [9.17, 15) is 4.79 Å². The van der Waals surface area contributed by atoms with E-state index in [2.05, 4.69) is 66.5 Å².